The number of aryl methyl sites for hydroxylation is 1. The van der Waals surface area contributed by atoms with E-state index in [1.165, 1.54) is 12.8 Å². The van der Waals surface area contributed by atoms with Crippen LogP contribution >= 0.6 is 0 Å². The van der Waals surface area contributed by atoms with Crippen molar-refractivity contribution in [2.75, 3.05) is 30.8 Å². The fourth-order valence-electron chi connectivity index (χ4n) is 2.54. The molecule has 0 saturated carbocycles. The summed E-state index contributed by atoms with van der Waals surface area (Å²) < 4.78 is 5.64. The van der Waals surface area contributed by atoms with Gasteiger partial charge in [0.2, 0.25) is 0 Å². The maximum absolute atomic E-state index is 5.64. The molecule has 1 saturated heterocycles. The minimum absolute atomic E-state index is 0.420. The van der Waals surface area contributed by atoms with E-state index in [1.807, 2.05) is 7.05 Å². The molecule has 1 aromatic heterocycles. The molecule has 5 heteroatoms. The number of nitrogens with zero attached hydrogens (tertiary/aromatic N) is 2. The Morgan fingerprint density at radius 3 is 2.75 bits per heavy atom. The molecule has 1 aliphatic heterocycles. The van der Waals surface area contributed by atoms with E-state index in [2.05, 4.69) is 34.4 Å². The molecule has 0 bridgehead atoms. The molecule has 0 aliphatic carbocycles. The lowest BCUT2D eigenvalue weighted by molar-refractivity contribution is 0.107. The number of aromatic nitrogens is 2. The summed E-state index contributed by atoms with van der Waals surface area (Å²) in [6.07, 6.45) is 5.82. The number of hydrogen-bond acceptors (Lipinski definition) is 5. The third-order valence-electron chi connectivity index (χ3n) is 3.69. The number of hydrogen-bond donors (Lipinski definition) is 2. The summed E-state index contributed by atoms with van der Waals surface area (Å²) in [6, 6.07) is 0. The van der Waals surface area contributed by atoms with E-state index >= 15 is 0 Å². The lowest BCUT2D eigenvalue weighted by Crippen LogP contribution is -2.15. The molecule has 0 amide bonds. The minimum atomic E-state index is 0.420. The van der Waals surface area contributed by atoms with E-state index in [-0.39, 0.29) is 0 Å². The van der Waals surface area contributed by atoms with Gasteiger partial charge in [-0.2, -0.15) is 0 Å². The molecule has 5 nitrogen and oxygen atoms in total. The zero-order valence-corrected chi connectivity index (χ0v) is 12.8. The van der Waals surface area contributed by atoms with Gasteiger partial charge in [0.15, 0.2) is 0 Å². The topological polar surface area (TPSA) is 59.1 Å². The Morgan fingerprint density at radius 1 is 1.30 bits per heavy atom. The Hall–Kier alpha value is -1.36. The standard InChI is InChI=1S/C15H26N4O/c1-4-6-13-18-14(16-3)11(2)15(19-13)17-9-8-12-7-5-10-20-12/h12H,4-10H2,1-3H3,(H2,16,17,18,19). The van der Waals surface area contributed by atoms with E-state index in [0.29, 0.717) is 6.10 Å². The van der Waals surface area contributed by atoms with Crippen molar-refractivity contribution in [3.05, 3.63) is 11.4 Å². The van der Waals surface area contributed by atoms with E-state index in [9.17, 15) is 0 Å². The Kier molecular flexibility index (Phi) is 5.59. The summed E-state index contributed by atoms with van der Waals surface area (Å²) in [5.74, 6) is 2.77. The summed E-state index contributed by atoms with van der Waals surface area (Å²) in [6.45, 7) is 6.02. The second kappa shape index (κ2) is 7.43. The van der Waals surface area contributed by atoms with Gasteiger partial charge in [0.1, 0.15) is 17.5 Å². The van der Waals surface area contributed by atoms with Gasteiger partial charge in [-0.25, -0.2) is 9.97 Å². The van der Waals surface area contributed by atoms with Gasteiger partial charge in [0.25, 0.3) is 0 Å². The van der Waals surface area contributed by atoms with E-state index in [0.717, 1.165) is 55.4 Å². The molecule has 1 unspecified atom stereocenters. The van der Waals surface area contributed by atoms with Crippen LogP contribution in [0.3, 0.4) is 0 Å². The Bertz CT molecular complexity index is 430. The number of ether oxygens (including phenoxy) is 1. The zero-order valence-electron chi connectivity index (χ0n) is 12.8. The maximum Gasteiger partial charge on any atom is 0.134 e. The first kappa shape index (κ1) is 15.0. The van der Waals surface area contributed by atoms with Crippen molar-refractivity contribution in [2.24, 2.45) is 0 Å². The Morgan fingerprint density at radius 2 is 2.10 bits per heavy atom. The zero-order chi connectivity index (χ0) is 14.4. The molecule has 20 heavy (non-hydrogen) atoms. The summed E-state index contributed by atoms with van der Waals surface area (Å²) >= 11 is 0. The lowest BCUT2D eigenvalue weighted by atomic mass is 10.2. The van der Waals surface area contributed by atoms with E-state index in [1.54, 1.807) is 0 Å². The molecule has 0 spiro atoms. The SMILES string of the molecule is CCCc1nc(NC)c(C)c(NCCC2CCCO2)n1. The maximum atomic E-state index is 5.64. The first-order valence-corrected chi connectivity index (χ1v) is 7.65. The number of rotatable bonds is 7. The van der Waals surface area contributed by atoms with Crippen LogP contribution in [0.4, 0.5) is 11.6 Å². The minimum Gasteiger partial charge on any atom is -0.378 e. The molecule has 0 aromatic carbocycles. The highest BCUT2D eigenvalue weighted by Gasteiger charge is 2.15. The van der Waals surface area contributed by atoms with Gasteiger partial charge in [-0.05, 0) is 32.6 Å². The fourth-order valence-corrected chi connectivity index (χ4v) is 2.54. The van der Waals surface area contributed by atoms with Crippen molar-refractivity contribution in [1.29, 1.82) is 0 Å². The smallest absolute Gasteiger partial charge is 0.134 e. The highest BCUT2D eigenvalue weighted by atomic mass is 16.5. The van der Waals surface area contributed by atoms with Gasteiger partial charge >= 0.3 is 0 Å². The summed E-state index contributed by atoms with van der Waals surface area (Å²) in [4.78, 5) is 9.17. The average molecular weight is 278 g/mol. The predicted molar refractivity (Wildman–Crippen MR) is 82.4 cm³/mol. The van der Waals surface area contributed by atoms with Crippen LogP contribution in [0.15, 0.2) is 0 Å². The van der Waals surface area contributed by atoms with Gasteiger partial charge in [0.05, 0.1) is 6.10 Å². The highest BCUT2D eigenvalue weighted by molar-refractivity contribution is 5.56. The van der Waals surface area contributed by atoms with Crippen molar-refractivity contribution < 1.29 is 4.74 Å². The van der Waals surface area contributed by atoms with Gasteiger partial charge in [-0.1, -0.05) is 6.92 Å². The van der Waals surface area contributed by atoms with Gasteiger partial charge in [0, 0.05) is 32.2 Å². The van der Waals surface area contributed by atoms with Gasteiger partial charge in [-0.3, -0.25) is 0 Å². The largest absolute Gasteiger partial charge is 0.378 e. The number of anilines is 2. The third kappa shape index (κ3) is 3.82. The normalized spacial score (nSPS) is 18.2. The Balaban J connectivity index is 1.98. The Labute approximate surface area is 121 Å². The molecule has 112 valence electrons. The molecule has 1 aliphatic rings. The molecule has 1 fully saturated rings. The second-order valence-corrected chi connectivity index (χ2v) is 5.31. The molecule has 2 N–H and O–H groups in total. The summed E-state index contributed by atoms with van der Waals surface area (Å²) in [5, 5.41) is 6.59. The van der Waals surface area contributed by atoms with Crippen LogP contribution < -0.4 is 10.6 Å². The molecule has 0 radical (unpaired) electrons. The summed E-state index contributed by atoms with van der Waals surface area (Å²) in [7, 11) is 1.90. The number of nitrogens with one attached hydrogen (secondary N) is 2. The van der Waals surface area contributed by atoms with Crippen LogP contribution in [0.2, 0.25) is 0 Å². The predicted octanol–water partition coefficient (Wildman–Crippen LogP) is 2.76. The first-order chi connectivity index (χ1) is 9.74. The van der Waals surface area contributed by atoms with Crippen molar-refractivity contribution >= 4 is 11.6 Å². The van der Waals surface area contributed by atoms with Crippen molar-refractivity contribution in [2.45, 2.75) is 52.1 Å². The first-order valence-electron chi connectivity index (χ1n) is 7.65. The van der Waals surface area contributed by atoms with Crippen molar-refractivity contribution in [3.63, 3.8) is 0 Å². The average Bonchev–Trinajstić information content (AvgIpc) is 2.95. The van der Waals surface area contributed by atoms with Crippen LogP contribution in [0.25, 0.3) is 0 Å². The quantitative estimate of drug-likeness (QED) is 0.803. The van der Waals surface area contributed by atoms with Crippen molar-refractivity contribution in [1.82, 2.24) is 9.97 Å². The van der Waals surface area contributed by atoms with Crippen LogP contribution in [-0.2, 0) is 11.2 Å². The second-order valence-electron chi connectivity index (χ2n) is 5.31. The summed E-state index contributed by atoms with van der Waals surface area (Å²) in [5.41, 5.74) is 1.08. The van der Waals surface area contributed by atoms with Crippen LogP contribution in [0.1, 0.15) is 44.0 Å². The molecule has 2 rings (SSSR count). The van der Waals surface area contributed by atoms with E-state index in [4.69, 9.17) is 4.74 Å². The van der Waals surface area contributed by atoms with Crippen molar-refractivity contribution in [3.8, 4) is 0 Å². The molecule has 2 heterocycles. The van der Waals surface area contributed by atoms with Gasteiger partial charge < -0.3 is 15.4 Å². The molecular weight excluding hydrogens is 252 g/mol. The fraction of sp³-hybridized carbons (Fsp3) is 0.733. The van der Waals surface area contributed by atoms with Crippen LogP contribution in [0, 0.1) is 6.92 Å². The monoisotopic (exact) mass is 278 g/mol. The van der Waals surface area contributed by atoms with Crippen LogP contribution in [-0.4, -0.2) is 36.3 Å². The highest BCUT2D eigenvalue weighted by Crippen LogP contribution is 2.21. The van der Waals surface area contributed by atoms with E-state index < -0.39 is 0 Å². The molecule has 1 aromatic rings. The molecule has 1 atom stereocenters. The van der Waals surface area contributed by atoms with Crippen LogP contribution in [0.5, 0.6) is 0 Å². The molecular formula is C15H26N4O. The van der Waals surface area contributed by atoms with Gasteiger partial charge in [-0.15, -0.1) is 0 Å². The lowest BCUT2D eigenvalue weighted by Gasteiger charge is -2.15. The third-order valence-corrected chi connectivity index (χ3v) is 3.69.